The van der Waals surface area contributed by atoms with Crippen molar-refractivity contribution >= 4 is 18.9 Å². The highest BCUT2D eigenvalue weighted by Crippen LogP contribution is 2.22. The molecule has 0 spiro atoms. The normalized spacial score (nSPS) is 11.2. The van der Waals surface area contributed by atoms with Crippen LogP contribution in [0.5, 0.6) is 11.5 Å². The van der Waals surface area contributed by atoms with E-state index in [0.717, 1.165) is 22.3 Å². The average molecular weight is 296 g/mol. The van der Waals surface area contributed by atoms with E-state index < -0.39 is 0 Å². The molecule has 5 nitrogen and oxygen atoms in total. The molecule has 0 radical (unpaired) electrons. The summed E-state index contributed by atoms with van der Waals surface area (Å²) in [5.41, 5.74) is 3.32. The van der Waals surface area contributed by atoms with Crippen LogP contribution in [0.4, 0.5) is 0 Å². The molecule has 0 bridgehead atoms. The van der Waals surface area contributed by atoms with Crippen molar-refractivity contribution in [2.24, 2.45) is 10.2 Å². The molecular formula is C17H16N2O3. The lowest BCUT2D eigenvalue weighted by Crippen LogP contribution is -1.89. The molecule has 0 heterocycles. The van der Waals surface area contributed by atoms with Crippen LogP contribution in [-0.2, 0) is 4.79 Å². The van der Waals surface area contributed by atoms with Crippen LogP contribution in [-0.4, -0.2) is 24.0 Å². The highest BCUT2D eigenvalue weighted by Gasteiger charge is 2.01. The fraction of sp³-hybridized carbons (Fsp3) is 0.118. The van der Waals surface area contributed by atoms with E-state index in [2.05, 4.69) is 10.2 Å². The first kappa shape index (κ1) is 15.4. The van der Waals surface area contributed by atoms with E-state index in [0.29, 0.717) is 18.0 Å². The minimum absolute atomic E-state index is 0.304. The molecule has 2 aromatic carbocycles. The second-order valence-corrected chi connectivity index (χ2v) is 4.78. The minimum Gasteiger partial charge on any atom is -0.507 e. The maximum atomic E-state index is 10.2. The zero-order valence-electron chi connectivity index (χ0n) is 12.4. The zero-order chi connectivity index (χ0) is 15.9. The summed E-state index contributed by atoms with van der Waals surface area (Å²) in [6, 6.07) is 10.6. The summed E-state index contributed by atoms with van der Waals surface area (Å²) in [5, 5.41) is 17.7. The Morgan fingerprint density at radius 2 is 1.50 bits per heavy atom. The van der Waals surface area contributed by atoms with E-state index in [1.165, 1.54) is 0 Å². The standard InChI is InChI=1S/C17H16N2O3/c1-12-7-15(8-13(2)17(12)21)10-19-18-9-14-3-5-16(6-4-14)22-11-20/h3-11,21H,1-2H3/b18-9+,19-10+. The summed E-state index contributed by atoms with van der Waals surface area (Å²) in [5.74, 6) is 0.781. The first-order valence-electron chi connectivity index (χ1n) is 6.67. The predicted octanol–water partition coefficient (Wildman–Crippen LogP) is 3.00. The van der Waals surface area contributed by atoms with Crippen LogP contribution in [0.1, 0.15) is 22.3 Å². The quantitative estimate of drug-likeness (QED) is 0.524. The van der Waals surface area contributed by atoms with Crippen molar-refractivity contribution in [3.63, 3.8) is 0 Å². The summed E-state index contributed by atoms with van der Waals surface area (Å²) in [4.78, 5) is 10.2. The smallest absolute Gasteiger partial charge is 0.298 e. The minimum atomic E-state index is 0.304. The summed E-state index contributed by atoms with van der Waals surface area (Å²) in [6.07, 6.45) is 3.22. The summed E-state index contributed by atoms with van der Waals surface area (Å²) >= 11 is 0. The lowest BCUT2D eigenvalue weighted by molar-refractivity contribution is -0.120. The van der Waals surface area contributed by atoms with Gasteiger partial charge in [-0.3, -0.25) is 4.79 Å². The monoisotopic (exact) mass is 296 g/mol. The molecular weight excluding hydrogens is 280 g/mol. The maximum Gasteiger partial charge on any atom is 0.298 e. The average Bonchev–Trinajstić information content (AvgIpc) is 2.51. The van der Waals surface area contributed by atoms with Crippen LogP contribution < -0.4 is 4.74 Å². The number of hydrogen-bond donors (Lipinski definition) is 1. The van der Waals surface area contributed by atoms with Crippen LogP contribution in [0, 0.1) is 13.8 Å². The van der Waals surface area contributed by atoms with Crippen molar-refractivity contribution in [3.05, 3.63) is 58.7 Å². The second-order valence-electron chi connectivity index (χ2n) is 4.78. The number of hydrogen-bond acceptors (Lipinski definition) is 5. The van der Waals surface area contributed by atoms with Gasteiger partial charge in [-0.2, -0.15) is 10.2 Å². The van der Waals surface area contributed by atoms with Gasteiger partial charge in [0.15, 0.2) is 0 Å². The lowest BCUT2D eigenvalue weighted by atomic mass is 10.1. The predicted molar refractivity (Wildman–Crippen MR) is 85.9 cm³/mol. The van der Waals surface area contributed by atoms with Gasteiger partial charge in [0.2, 0.25) is 0 Å². The molecule has 5 heteroatoms. The number of phenolic OH excluding ortho intramolecular Hbond substituents is 1. The number of aryl methyl sites for hydroxylation is 2. The van der Waals surface area contributed by atoms with Crippen molar-refractivity contribution in [3.8, 4) is 11.5 Å². The SMILES string of the molecule is Cc1cc(/C=N/N=C/c2ccc(OC=O)cc2)cc(C)c1O. The van der Waals surface area contributed by atoms with Crippen molar-refractivity contribution in [2.45, 2.75) is 13.8 Å². The van der Waals surface area contributed by atoms with Crippen LogP contribution in [0.2, 0.25) is 0 Å². The topological polar surface area (TPSA) is 71.2 Å². The Labute approximate surface area is 128 Å². The second kappa shape index (κ2) is 7.17. The van der Waals surface area contributed by atoms with Crippen LogP contribution >= 0.6 is 0 Å². The lowest BCUT2D eigenvalue weighted by Gasteiger charge is -2.03. The number of carbonyl (C=O) groups excluding carboxylic acids is 1. The molecule has 0 atom stereocenters. The highest BCUT2D eigenvalue weighted by atomic mass is 16.5. The Kier molecular flexibility index (Phi) is 5.03. The van der Waals surface area contributed by atoms with Crippen molar-refractivity contribution in [1.82, 2.24) is 0 Å². The molecule has 0 aliphatic heterocycles. The molecule has 0 amide bonds. The van der Waals surface area contributed by atoms with Gasteiger partial charge in [-0.25, -0.2) is 0 Å². The molecule has 112 valence electrons. The molecule has 0 fully saturated rings. The molecule has 2 rings (SSSR count). The van der Waals surface area contributed by atoms with Gasteiger partial charge in [-0.1, -0.05) is 0 Å². The van der Waals surface area contributed by atoms with Crippen LogP contribution in [0.25, 0.3) is 0 Å². The largest absolute Gasteiger partial charge is 0.507 e. The molecule has 22 heavy (non-hydrogen) atoms. The number of aromatic hydroxyl groups is 1. The van der Waals surface area contributed by atoms with E-state index in [1.54, 1.807) is 36.7 Å². The van der Waals surface area contributed by atoms with Crippen molar-refractivity contribution < 1.29 is 14.6 Å². The molecule has 0 aromatic heterocycles. The summed E-state index contributed by atoms with van der Waals surface area (Å²) in [6.45, 7) is 4.06. The van der Waals surface area contributed by atoms with Gasteiger partial charge in [0, 0.05) is 0 Å². The maximum absolute atomic E-state index is 10.2. The van der Waals surface area contributed by atoms with E-state index >= 15 is 0 Å². The Morgan fingerprint density at radius 1 is 0.955 bits per heavy atom. The van der Waals surface area contributed by atoms with Gasteiger partial charge in [-0.05, 0) is 72.5 Å². The van der Waals surface area contributed by atoms with E-state index in [4.69, 9.17) is 4.74 Å². The number of benzene rings is 2. The first-order chi connectivity index (χ1) is 10.6. The Bertz CT molecular complexity index is 696. The summed E-state index contributed by atoms with van der Waals surface area (Å²) in [7, 11) is 0. The number of carbonyl (C=O) groups is 1. The molecule has 2 aromatic rings. The van der Waals surface area contributed by atoms with Crippen LogP contribution in [0.3, 0.4) is 0 Å². The third-order valence-corrected chi connectivity index (χ3v) is 3.06. The van der Waals surface area contributed by atoms with Gasteiger partial charge >= 0.3 is 0 Å². The Hall–Kier alpha value is -2.95. The molecule has 1 N–H and O–H groups in total. The van der Waals surface area contributed by atoms with Gasteiger partial charge in [0.1, 0.15) is 11.5 Å². The molecule has 0 unspecified atom stereocenters. The molecule has 0 saturated heterocycles. The third-order valence-electron chi connectivity index (χ3n) is 3.06. The molecule has 0 saturated carbocycles. The zero-order valence-corrected chi connectivity index (χ0v) is 12.4. The van der Waals surface area contributed by atoms with Gasteiger partial charge in [0.05, 0.1) is 12.4 Å². The number of phenols is 1. The van der Waals surface area contributed by atoms with Gasteiger partial charge < -0.3 is 9.84 Å². The number of nitrogens with zero attached hydrogens (tertiary/aromatic N) is 2. The molecule has 0 aliphatic carbocycles. The highest BCUT2D eigenvalue weighted by molar-refractivity contribution is 5.83. The Balaban J connectivity index is 2.04. The van der Waals surface area contributed by atoms with Gasteiger partial charge in [-0.15, -0.1) is 0 Å². The first-order valence-corrected chi connectivity index (χ1v) is 6.67. The third kappa shape index (κ3) is 4.02. The van der Waals surface area contributed by atoms with Crippen molar-refractivity contribution in [1.29, 1.82) is 0 Å². The fourth-order valence-electron chi connectivity index (χ4n) is 1.95. The van der Waals surface area contributed by atoms with E-state index in [-0.39, 0.29) is 0 Å². The number of ether oxygens (including phenoxy) is 1. The van der Waals surface area contributed by atoms with Crippen molar-refractivity contribution in [2.75, 3.05) is 0 Å². The van der Waals surface area contributed by atoms with E-state index in [9.17, 15) is 9.90 Å². The van der Waals surface area contributed by atoms with E-state index in [1.807, 2.05) is 26.0 Å². The van der Waals surface area contributed by atoms with Gasteiger partial charge in [0.25, 0.3) is 6.47 Å². The fourth-order valence-corrected chi connectivity index (χ4v) is 1.95. The Morgan fingerprint density at radius 3 is 2.05 bits per heavy atom. The van der Waals surface area contributed by atoms with Crippen LogP contribution in [0.15, 0.2) is 46.6 Å². The number of rotatable bonds is 5. The summed E-state index contributed by atoms with van der Waals surface area (Å²) < 4.78 is 4.70. The molecule has 0 aliphatic rings.